The van der Waals surface area contributed by atoms with Gasteiger partial charge >= 0.3 is 5.97 Å². The van der Waals surface area contributed by atoms with Crippen LogP contribution in [-0.2, 0) is 11.2 Å². The number of benzene rings is 3. The predicted molar refractivity (Wildman–Crippen MR) is 147 cm³/mol. The number of carbonyl (C=O) groups is 1. The molecule has 6 heteroatoms. The van der Waals surface area contributed by atoms with Gasteiger partial charge in [0, 0.05) is 41.6 Å². The van der Waals surface area contributed by atoms with Crippen LogP contribution in [0.3, 0.4) is 0 Å². The van der Waals surface area contributed by atoms with Crippen LogP contribution in [-0.4, -0.2) is 35.8 Å². The van der Waals surface area contributed by atoms with E-state index in [0.29, 0.717) is 11.3 Å². The van der Waals surface area contributed by atoms with Crippen molar-refractivity contribution >= 4 is 11.7 Å². The zero-order chi connectivity index (χ0) is 26.6. The van der Waals surface area contributed by atoms with Gasteiger partial charge in [-0.05, 0) is 84.5 Å². The van der Waals surface area contributed by atoms with Gasteiger partial charge < -0.3 is 14.7 Å². The summed E-state index contributed by atoms with van der Waals surface area (Å²) >= 11 is 0. The second-order valence-corrected chi connectivity index (χ2v) is 9.92. The summed E-state index contributed by atoms with van der Waals surface area (Å²) in [4.78, 5) is 18.3. The largest absolute Gasteiger partial charge is 0.497 e. The Kier molecular flexibility index (Phi) is 7.40. The molecule has 0 radical (unpaired) electrons. The second kappa shape index (κ2) is 11.1. The van der Waals surface area contributed by atoms with Crippen LogP contribution in [0.5, 0.6) is 5.75 Å². The van der Waals surface area contributed by atoms with Crippen molar-refractivity contribution in [2.45, 2.75) is 38.1 Å². The molecule has 0 saturated carbocycles. The van der Waals surface area contributed by atoms with Crippen molar-refractivity contribution in [2.24, 2.45) is 0 Å². The Hall–Kier alpha value is -4.19. The van der Waals surface area contributed by atoms with Gasteiger partial charge in [0.1, 0.15) is 11.6 Å². The maximum atomic E-state index is 14.5. The van der Waals surface area contributed by atoms with Crippen LogP contribution in [0.4, 0.5) is 10.1 Å². The average Bonchev–Trinajstić information content (AvgIpc) is 3.34. The number of anilines is 1. The lowest BCUT2D eigenvalue weighted by atomic mass is 9.95. The van der Waals surface area contributed by atoms with E-state index >= 15 is 0 Å². The fourth-order valence-electron chi connectivity index (χ4n) is 5.40. The summed E-state index contributed by atoms with van der Waals surface area (Å²) in [6.45, 7) is 2.79. The number of methoxy groups -OCH3 is 1. The Morgan fingerprint density at radius 2 is 1.89 bits per heavy atom. The number of aryl methyl sites for hydroxylation is 1. The van der Waals surface area contributed by atoms with Crippen LogP contribution in [0.1, 0.15) is 41.1 Å². The predicted octanol–water partition coefficient (Wildman–Crippen LogP) is 6.63. The van der Waals surface area contributed by atoms with Gasteiger partial charge in [-0.1, -0.05) is 36.4 Å². The minimum atomic E-state index is -0.786. The Morgan fingerprint density at radius 1 is 1.08 bits per heavy atom. The van der Waals surface area contributed by atoms with Crippen molar-refractivity contribution in [1.29, 1.82) is 0 Å². The maximum absolute atomic E-state index is 14.5. The van der Waals surface area contributed by atoms with E-state index in [1.807, 2.05) is 37.3 Å². The molecule has 1 N–H and O–H groups in total. The topological polar surface area (TPSA) is 62.7 Å². The first kappa shape index (κ1) is 25.5. The molecule has 0 spiro atoms. The molecule has 0 aliphatic carbocycles. The second-order valence-electron chi connectivity index (χ2n) is 9.92. The molecule has 2 heterocycles. The number of halogens is 1. The standard InChI is InChI=1S/C32H31FN2O3/c1-21-15-24(29-19-28(38-2)12-13-30(29)33)9-8-23(21)16-22-6-10-26(11-7-22)35-20-25(17-27(35)18-32(36)37)31-5-3-4-14-34-31/h3-15,19,25,27H,16-18,20H2,1-2H3,(H,36,37). The highest BCUT2D eigenvalue weighted by molar-refractivity contribution is 5.69. The minimum Gasteiger partial charge on any atom is -0.497 e. The van der Waals surface area contributed by atoms with Gasteiger partial charge in [0.15, 0.2) is 0 Å². The number of nitrogens with zero attached hydrogens (tertiary/aromatic N) is 2. The summed E-state index contributed by atoms with van der Waals surface area (Å²) < 4.78 is 19.7. The molecule has 1 fully saturated rings. The Balaban J connectivity index is 1.32. The molecule has 0 amide bonds. The number of rotatable bonds is 8. The summed E-state index contributed by atoms with van der Waals surface area (Å²) in [5, 5.41) is 9.49. The summed E-state index contributed by atoms with van der Waals surface area (Å²) in [5.41, 5.74) is 6.80. The van der Waals surface area contributed by atoms with Gasteiger partial charge in [-0.25, -0.2) is 4.39 Å². The molecular weight excluding hydrogens is 479 g/mol. The number of hydrogen-bond acceptors (Lipinski definition) is 4. The third-order valence-electron chi connectivity index (χ3n) is 7.42. The van der Waals surface area contributed by atoms with E-state index in [1.54, 1.807) is 25.4 Å². The third-order valence-corrected chi connectivity index (χ3v) is 7.42. The SMILES string of the molecule is COc1ccc(F)c(-c2ccc(Cc3ccc(N4CC(c5ccccn5)CC4CC(=O)O)cc3)c(C)c2)c1. The molecular formula is C32H31FN2O3. The number of carboxylic acids is 1. The number of carboxylic acid groups (broad SMARTS) is 1. The lowest BCUT2D eigenvalue weighted by Crippen LogP contribution is -2.31. The van der Waals surface area contributed by atoms with Gasteiger partial charge in [0.25, 0.3) is 0 Å². The summed E-state index contributed by atoms with van der Waals surface area (Å²) in [6.07, 6.45) is 3.41. The van der Waals surface area contributed by atoms with Crippen molar-refractivity contribution in [3.05, 3.63) is 113 Å². The number of ether oxygens (including phenoxy) is 1. The first-order chi connectivity index (χ1) is 18.4. The Labute approximate surface area is 222 Å². The van der Waals surface area contributed by atoms with Crippen LogP contribution in [0.15, 0.2) is 85.1 Å². The molecule has 38 heavy (non-hydrogen) atoms. The average molecular weight is 511 g/mol. The molecule has 1 aliphatic rings. The zero-order valence-corrected chi connectivity index (χ0v) is 21.6. The third kappa shape index (κ3) is 5.54. The zero-order valence-electron chi connectivity index (χ0n) is 21.6. The van der Waals surface area contributed by atoms with E-state index in [4.69, 9.17) is 4.74 Å². The molecule has 4 aromatic rings. The monoisotopic (exact) mass is 510 g/mol. The smallest absolute Gasteiger partial charge is 0.305 e. The van der Waals surface area contributed by atoms with E-state index in [2.05, 4.69) is 40.2 Å². The van der Waals surface area contributed by atoms with Crippen molar-refractivity contribution in [3.63, 3.8) is 0 Å². The highest BCUT2D eigenvalue weighted by atomic mass is 19.1. The number of aliphatic carboxylic acids is 1. The van der Waals surface area contributed by atoms with E-state index in [0.717, 1.165) is 47.5 Å². The summed E-state index contributed by atoms with van der Waals surface area (Å²) in [6, 6.07) is 25.0. The fraction of sp³-hybridized carbons (Fsp3) is 0.250. The van der Waals surface area contributed by atoms with Gasteiger partial charge in [0.05, 0.1) is 13.5 Å². The normalized spacial score (nSPS) is 17.0. The Morgan fingerprint density at radius 3 is 2.58 bits per heavy atom. The number of aromatic nitrogens is 1. The quantitative estimate of drug-likeness (QED) is 0.288. The van der Waals surface area contributed by atoms with Gasteiger partial charge in [-0.3, -0.25) is 9.78 Å². The van der Waals surface area contributed by atoms with Crippen molar-refractivity contribution in [3.8, 4) is 16.9 Å². The Bertz CT molecular complexity index is 1420. The molecule has 2 atom stereocenters. The number of hydrogen-bond donors (Lipinski definition) is 1. The van der Waals surface area contributed by atoms with Gasteiger partial charge in [0.2, 0.25) is 0 Å². The van der Waals surface area contributed by atoms with E-state index < -0.39 is 5.97 Å². The van der Waals surface area contributed by atoms with Gasteiger partial charge in [-0.2, -0.15) is 0 Å². The fourth-order valence-corrected chi connectivity index (χ4v) is 5.40. The van der Waals surface area contributed by atoms with Crippen molar-refractivity contribution < 1.29 is 19.0 Å². The number of pyridine rings is 1. The lowest BCUT2D eigenvalue weighted by Gasteiger charge is -2.26. The van der Waals surface area contributed by atoms with E-state index in [-0.39, 0.29) is 24.2 Å². The van der Waals surface area contributed by atoms with E-state index in [1.165, 1.54) is 11.6 Å². The minimum absolute atomic E-state index is 0.0721. The highest BCUT2D eigenvalue weighted by Crippen LogP contribution is 2.36. The molecule has 5 nitrogen and oxygen atoms in total. The van der Waals surface area contributed by atoms with Crippen LogP contribution < -0.4 is 9.64 Å². The maximum Gasteiger partial charge on any atom is 0.305 e. The molecule has 194 valence electrons. The molecule has 1 aromatic heterocycles. The molecule has 1 saturated heterocycles. The highest BCUT2D eigenvalue weighted by Gasteiger charge is 2.35. The summed E-state index contributed by atoms with van der Waals surface area (Å²) in [7, 11) is 1.57. The summed E-state index contributed by atoms with van der Waals surface area (Å²) in [5.74, 6) is -0.234. The molecule has 1 aliphatic heterocycles. The molecule has 2 unspecified atom stereocenters. The van der Waals surface area contributed by atoms with E-state index in [9.17, 15) is 14.3 Å². The van der Waals surface area contributed by atoms with Crippen LogP contribution in [0.25, 0.3) is 11.1 Å². The first-order valence-corrected chi connectivity index (χ1v) is 12.8. The molecule has 5 rings (SSSR count). The van der Waals surface area contributed by atoms with Crippen molar-refractivity contribution in [1.82, 2.24) is 4.98 Å². The molecule has 3 aromatic carbocycles. The van der Waals surface area contributed by atoms with Crippen LogP contribution >= 0.6 is 0 Å². The van der Waals surface area contributed by atoms with Gasteiger partial charge in [-0.15, -0.1) is 0 Å². The lowest BCUT2D eigenvalue weighted by molar-refractivity contribution is -0.137. The van der Waals surface area contributed by atoms with Crippen LogP contribution in [0.2, 0.25) is 0 Å². The van der Waals surface area contributed by atoms with Crippen molar-refractivity contribution in [2.75, 3.05) is 18.6 Å². The van der Waals surface area contributed by atoms with Crippen LogP contribution in [0, 0.1) is 12.7 Å². The first-order valence-electron chi connectivity index (χ1n) is 12.8. The molecule has 0 bridgehead atoms.